The number of hydrogen-bond acceptors (Lipinski definition) is 6. The van der Waals surface area contributed by atoms with Gasteiger partial charge in [-0.05, 0) is 6.92 Å². The fraction of sp³-hybridized carbons (Fsp3) is 0.643. The second-order valence-corrected chi connectivity index (χ2v) is 5.27. The van der Waals surface area contributed by atoms with Crippen molar-refractivity contribution in [3.8, 4) is 5.88 Å². The molecule has 0 atom stereocenters. The number of nitrogens with zero attached hydrogens (tertiary/aromatic N) is 3. The summed E-state index contributed by atoms with van der Waals surface area (Å²) in [7, 11) is 0. The largest absolute Gasteiger partial charge is 0.467 e. The molecule has 1 spiro atoms. The van der Waals surface area contributed by atoms with Gasteiger partial charge in [-0.2, -0.15) is 0 Å². The highest BCUT2D eigenvalue weighted by molar-refractivity contribution is 5.77. The lowest BCUT2D eigenvalue weighted by Gasteiger charge is -2.37. The van der Waals surface area contributed by atoms with E-state index in [4.69, 9.17) is 14.2 Å². The van der Waals surface area contributed by atoms with Crippen LogP contribution in [0.2, 0.25) is 0 Å². The Morgan fingerprint density at radius 2 is 2.05 bits per heavy atom. The number of carbonyl (C=O) groups is 1. The summed E-state index contributed by atoms with van der Waals surface area (Å²) >= 11 is 0. The second kappa shape index (κ2) is 5.95. The summed E-state index contributed by atoms with van der Waals surface area (Å²) in [6, 6.07) is 1.71. The second-order valence-electron chi connectivity index (χ2n) is 5.27. The van der Waals surface area contributed by atoms with Crippen LogP contribution in [0.15, 0.2) is 12.4 Å². The molecule has 7 nitrogen and oxygen atoms in total. The topological polar surface area (TPSA) is 73.8 Å². The van der Waals surface area contributed by atoms with Crippen molar-refractivity contribution < 1.29 is 19.0 Å². The Balaban J connectivity index is 1.48. The fourth-order valence-electron chi connectivity index (χ4n) is 2.62. The molecule has 2 saturated heterocycles. The average molecular weight is 293 g/mol. The minimum atomic E-state index is -0.457. The molecule has 0 unspecified atom stereocenters. The predicted octanol–water partition coefficient (Wildman–Crippen LogP) is 0.529. The van der Waals surface area contributed by atoms with E-state index in [-0.39, 0.29) is 12.5 Å². The number of aromatic nitrogens is 2. The lowest BCUT2D eigenvalue weighted by Crippen LogP contribution is -2.48. The Morgan fingerprint density at radius 1 is 1.33 bits per heavy atom. The molecule has 21 heavy (non-hydrogen) atoms. The molecule has 0 radical (unpaired) electrons. The first-order valence-electron chi connectivity index (χ1n) is 7.14. The van der Waals surface area contributed by atoms with E-state index < -0.39 is 5.79 Å². The van der Waals surface area contributed by atoms with Crippen LogP contribution >= 0.6 is 0 Å². The molecule has 1 aromatic heterocycles. The minimum absolute atomic E-state index is 0.00876. The molecule has 3 rings (SSSR count). The number of likely N-dealkylation sites (tertiary alicyclic amines) is 1. The van der Waals surface area contributed by atoms with E-state index in [2.05, 4.69) is 9.97 Å². The Kier molecular flexibility index (Phi) is 4.03. The number of carbonyl (C=O) groups excluding carboxylic acids is 1. The smallest absolute Gasteiger partial charge is 0.260 e. The van der Waals surface area contributed by atoms with Gasteiger partial charge in [0.15, 0.2) is 12.4 Å². The van der Waals surface area contributed by atoms with Gasteiger partial charge in [-0.3, -0.25) is 4.79 Å². The van der Waals surface area contributed by atoms with E-state index in [9.17, 15) is 4.79 Å². The summed E-state index contributed by atoms with van der Waals surface area (Å²) in [4.78, 5) is 21.9. The van der Waals surface area contributed by atoms with Crippen LogP contribution in [0, 0.1) is 6.92 Å². The van der Waals surface area contributed by atoms with Gasteiger partial charge >= 0.3 is 0 Å². The standard InChI is InChI=1S/C14H19N3O4/c1-11-8-12(16-10-15-11)19-9-13(18)17-4-2-14(3-5-17)20-6-7-21-14/h8,10H,2-7,9H2,1H3. The number of ether oxygens (including phenoxy) is 3. The first-order valence-corrected chi connectivity index (χ1v) is 7.14. The van der Waals surface area contributed by atoms with Gasteiger partial charge in [0, 0.05) is 37.7 Å². The average Bonchev–Trinajstić information content (AvgIpc) is 2.94. The van der Waals surface area contributed by atoms with Gasteiger partial charge < -0.3 is 19.1 Å². The predicted molar refractivity (Wildman–Crippen MR) is 72.7 cm³/mol. The first kappa shape index (κ1) is 14.2. The molecule has 0 saturated carbocycles. The fourth-order valence-corrected chi connectivity index (χ4v) is 2.62. The maximum Gasteiger partial charge on any atom is 0.260 e. The Bertz CT molecular complexity index is 507. The number of piperidine rings is 1. The van der Waals surface area contributed by atoms with Crippen molar-refractivity contribution in [3.05, 3.63) is 18.1 Å². The minimum Gasteiger partial charge on any atom is -0.467 e. The van der Waals surface area contributed by atoms with Crippen molar-refractivity contribution in [3.63, 3.8) is 0 Å². The van der Waals surface area contributed by atoms with Gasteiger partial charge in [-0.15, -0.1) is 0 Å². The van der Waals surface area contributed by atoms with Gasteiger partial charge in [0.05, 0.1) is 13.2 Å². The molecule has 2 fully saturated rings. The Labute approximate surface area is 123 Å². The van der Waals surface area contributed by atoms with Crippen molar-refractivity contribution in [2.75, 3.05) is 32.9 Å². The summed E-state index contributed by atoms with van der Waals surface area (Å²) in [5, 5.41) is 0. The van der Waals surface area contributed by atoms with E-state index in [1.807, 2.05) is 6.92 Å². The van der Waals surface area contributed by atoms with Gasteiger partial charge in [0.25, 0.3) is 5.91 Å². The quantitative estimate of drug-likeness (QED) is 0.809. The summed E-state index contributed by atoms with van der Waals surface area (Å²) < 4.78 is 16.7. The van der Waals surface area contributed by atoms with Crippen LogP contribution in [-0.2, 0) is 14.3 Å². The van der Waals surface area contributed by atoms with Gasteiger partial charge in [-0.25, -0.2) is 9.97 Å². The molecular formula is C14H19N3O4. The zero-order valence-electron chi connectivity index (χ0n) is 12.1. The SMILES string of the molecule is Cc1cc(OCC(=O)N2CCC3(CC2)OCCO3)ncn1. The number of aryl methyl sites for hydroxylation is 1. The Morgan fingerprint density at radius 3 is 2.71 bits per heavy atom. The zero-order valence-corrected chi connectivity index (χ0v) is 12.1. The molecular weight excluding hydrogens is 274 g/mol. The molecule has 3 heterocycles. The van der Waals surface area contributed by atoms with Crippen LogP contribution in [-0.4, -0.2) is 59.5 Å². The van der Waals surface area contributed by atoms with Crippen LogP contribution in [0.1, 0.15) is 18.5 Å². The summed E-state index contributed by atoms with van der Waals surface area (Å²) in [5.41, 5.74) is 0.808. The third-order valence-corrected chi connectivity index (χ3v) is 3.81. The van der Waals surface area contributed by atoms with Gasteiger partial charge in [0.2, 0.25) is 5.88 Å². The van der Waals surface area contributed by atoms with Gasteiger partial charge in [0.1, 0.15) is 6.33 Å². The lowest BCUT2D eigenvalue weighted by atomic mass is 10.0. The van der Waals surface area contributed by atoms with Crippen LogP contribution in [0.5, 0.6) is 5.88 Å². The molecule has 0 N–H and O–H groups in total. The van der Waals surface area contributed by atoms with Crippen LogP contribution in [0.25, 0.3) is 0 Å². The monoisotopic (exact) mass is 293 g/mol. The van der Waals surface area contributed by atoms with Crippen LogP contribution < -0.4 is 4.74 Å². The van der Waals surface area contributed by atoms with E-state index in [1.54, 1.807) is 11.0 Å². The van der Waals surface area contributed by atoms with E-state index >= 15 is 0 Å². The number of amides is 1. The zero-order chi connectivity index (χ0) is 14.7. The molecule has 0 aliphatic carbocycles. The number of rotatable bonds is 3. The normalized spacial score (nSPS) is 20.7. The molecule has 0 aromatic carbocycles. The molecule has 2 aliphatic rings. The molecule has 7 heteroatoms. The lowest BCUT2D eigenvalue weighted by molar-refractivity contribution is -0.187. The highest BCUT2D eigenvalue weighted by atomic mass is 16.7. The van der Waals surface area contributed by atoms with Crippen molar-refractivity contribution in [2.45, 2.75) is 25.6 Å². The maximum atomic E-state index is 12.1. The molecule has 114 valence electrons. The van der Waals surface area contributed by atoms with Crippen LogP contribution in [0.3, 0.4) is 0 Å². The first-order chi connectivity index (χ1) is 10.2. The van der Waals surface area contributed by atoms with Crippen molar-refractivity contribution in [2.24, 2.45) is 0 Å². The van der Waals surface area contributed by atoms with Crippen molar-refractivity contribution >= 4 is 5.91 Å². The third kappa shape index (κ3) is 3.30. The molecule has 1 amide bonds. The highest BCUT2D eigenvalue weighted by Gasteiger charge is 2.40. The molecule has 1 aromatic rings. The third-order valence-electron chi connectivity index (χ3n) is 3.81. The summed E-state index contributed by atoms with van der Waals surface area (Å²) in [5.74, 6) is -0.0765. The van der Waals surface area contributed by atoms with Crippen molar-refractivity contribution in [1.29, 1.82) is 0 Å². The molecule has 0 bridgehead atoms. The number of hydrogen-bond donors (Lipinski definition) is 0. The van der Waals surface area contributed by atoms with Crippen LogP contribution in [0.4, 0.5) is 0 Å². The summed E-state index contributed by atoms with van der Waals surface area (Å²) in [6.45, 7) is 4.39. The molecule has 2 aliphatic heterocycles. The van der Waals surface area contributed by atoms with E-state index in [1.165, 1.54) is 6.33 Å². The van der Waals surface area contributed by atoms with E-state index in [0.717, 1.165) is 5.69 Å². The van der Waals surface area contributed by atoms with Gasteiger partial charge in [-0.1, -0.05) is 0 Å². The van der Waals surface area contributed by atoms with Crippen molar-refractivity contribution in [1.82, 2.24) is 14.9 Å². The van der Waals surface area contributed by atoms with E-state index in [0.29, 0.717) is 45.0 Å². The highest BCUT2D eigenvalue weighted by Crippen LogP contribution is 2.31. The summed E-state index contributed by atoms with van der Waals surface area (Å²) in [6.07, 6.45) is 2.85. The Hall–Kier alpha value is -1.73. The maximum absolute atomic E-state index is 12.1.